The average molecular weight is 439 g/mol. The van der Waals surface area contributed by atoms with Crippen molar-refractivity contribution in [3.63, 3.8) is 0 Å². The first-order chi connectivity index (χ1) is 15.5. The number of likely N-dealkylation sites (tertiary alicyclic amines) is 1. The number of rotatable bonds is 9. The Morgan fingerprint density at radius 1 is 0.969 bits per heavy atom. The Bertz CT molecular complexity index is 888. The van der Waals surface area contributed by atoms with Crippen LogP contribution >= 0.6 is 0 Å². The van der Waals surface area contributed by atoms with Gasteiger partial charge in [0.05, 0.1) is 6.04 Å². The highest BCUT2D eigenvalue weighted by Crippen LogP contribution is 2.14. The summed E-state index contributed by atoms with van der Waals surface area (Å²) >= 11 is 0. The molecule has 0 bridgehead atoms. The van der Waals surface area contributed by atoms with Gasteiger partial charge in [0.2, 0.25) is 5.91 Å². The highest BCUT2D eigenvalue weighted by molar-refractivity contribution is 5.87. The third-order valence-electron chi connectivity index (χ3n) is 5.37. The van der Waals surface area contributed by atoms with Crippen LogP contribution in [-0.4, -0.2) is 47.9 Å². The quantitative estimate of drug-likeness (QED) is 0.606. The van der Waals surface area contributed by atoms with E-state index in [0.717, 1.165) is 24.0 Å². The summed E-state index contributed by atoms with van der Waals surface area (Å²) in [5, 5.41) is 3.09. The third kappa shape index (κ3) is 7.20. The molecule has 1 N–H and O–H groups in total. The summed E-state index contributed by atoms with van der Waals surface area (Å²) in [5.74, 6) is -1.06. The lowest BCUT2D eigenvalue weighted by molar-refractivity contribution is -0.151. The molecule has 1 unspecified atom stereocenters. The molecule has 1 heterocycles. The van der Waals surface area contributed by atoms with Crippen molar-refractivity contribution in [1.82, 2.24) is 10.2 Å². The lowest BCUT2D eigenvalue weighted by atomic mass is 10.1. The Morgan fingerprint density at radius 2 is 1.56 bits per heavy atom. The number of nitrogens with one attached hydrogen (secondary N) is 1. The van der Waals surface area contributed by atoms with E-state index in [-0.39, 0.29) is 25.7 Å². The Hall–Kier alpha value is -3.19. The number of ether oxygens (including phenoxy) is 2. The summed E-state index contributed by atoms with van der Waals surface area (Å²) in [4.78, 5) is 39.2. The Labute approximate surface area is 188 Å². The minimum Gasteiger partial charge on any atom is -0.460 e. The molecule has 2 aromatic carbocycles. The summed E-state index contributed by atoms with van der Waals surface area (Å²) in [6.07, 6.45) is 2.22. The van der Waals surface area contributed by atoms with Gasteiger partial charge in [-0.2, -0.15) is 0 Å². The molecule has 1 amide bonds. The second-order valence-electron chi connectivity index (χ2n) is 7.94. The zero-order valence-electron chi connectivity index (χ0n) is 18.4. The number of esters is 2. The molecule has 32 heavy (non-hydrogen) atoms. The van der Waals surface area contributed by atoms with Crippen LogP contribution < -0.4 is 5.32 Å². The largest absolute Gasteiger partial charge is 0.460 e. The van der Waals surface area contributed by atoms with Gasteiger partial charge in [-0.05, 0) is 37.3 Å². The van der Waals surface area contributed by atoms with Crippen LogP contribution in [0.3, 0.4) is 0 Å². The molecule has 1 saturated heterocycles. The van der Waals surface area contributed by atoms with Crippen molar-refractivity contribution in [2.45, 2.75) is 51.5 Å². The van der Waals surface area contributed by atoms with E-state index in [4.69, 9.17) is 9.47 Å². The minimum absolute atomic E-state index is 0.101. The fourth-order valence-corrected chi connectivity index (χ4v) is 3.58. The summed E-state index contributed by atoms with van der Waals surface area (Å²) in [7, 11) is 0. The molecule has 1 aliphatic heterocycles. The normalized spacial score (nSPS) is 17.3. The zero-order chi connectivity index (χ0) is 22.8. The molecule has 1 fully saturated rings. The van der Waals surface area contributed by atoms with Crippen molar-refractivity contribution >= 4 is 17.8 Å². The van der Waals surface area contributed by atoms with Gasteiger partial charge < -0.3 is 14.4 Å². The van der Waals surface area contributed by atoms with E-state index in [9.17, 15) is 14.4 Å². The van der Waals surface area contributed by atoms with Crippen LogP contribution in [0.15, 0.2) is 60.7 Å². The summed E-state index contributed by atoms with van der Waals surface area (Å²) < 4.78 is 10.7. The van der Waals surface area contributed by atoms with Crippen LogP contribution in [0.1, 0.15) is 37.3 Å². The Morgan fingerprint density at radius 3 is 2.19 bits per heavy atom. The molecule has 1 aliphatic rings. The van der Waals surface area contributed by atoms with E-state index in [1.54, 1.807) is 6.92 Å². The fourth-order valence-electron chi connectivity index (χ4n) is 3.58. The molecule has 7 nitrogen and oxygen atoms in total. The second kappa shape index (κ2) is 12.0. The third-order valence-corrected chi connectivity index (χ3v) is 5.37. The maximum atomic E-state index is 13.0. The summed E-state index contributed by atoms with van der Waals surface area (Å²) in [6, 6.07) is 17.7. The van der Waals surface area contributed by atoms with Crippen molar-refractivity contribution in [3.8, 4) is 0 Å². The van der Waals surface area contributed by atoms with Crippen LogP contribution in [-0.2, 0) is 37.1 Å². The molecule has 0 aliphatic carbocycles. The number of hydrogen-bond donors (Lipinski definition) is 1. The number of amides is 1. The molecule has 2 atom stereocenters. The smallest absolute Gasteiger partial charge is 0.325 e. The van der Waals surface area contributed by atoms with Gasteiger partial charge in [-0.15, -0.1) is 0 Å². The lowest BCUT2D eigenvalue weighted by Crippen LogP contribution is -2.51. The first-order valence-corrected chi connectivity index (χ1v) is 11.0. The van der Waals surface area contributed by atoms with Gasteiger partial charge in [0.25, 0.3) is 0 Å². The van der Waals surface area contributed by atoms with Crippen molar-refractivity contribution in [2.24, 2.45) is 0 Å². The lowest BCUT2D eigenvalue weighted by Gasteiger charge is -2.26. The fraction of sp³-hybridized carbons (Fsp3) is 0.400. The zero-order valence-corrected chi connectivity index (χ0v) is 18.4. The van der Waals surface area contributed by atoms with Crippen LogP contribution in [0, 0.1) is 0 Å². The van der Waals surface area contributed by atoms with E-state index in [2.05, 4.69) is 5.32 Å². The van der Waals surface area contributed by atoms with Gasteiger partial charge in [0.1, 0.15) is 25.8 Å². The van der Waals surface area contributed by atoms with Gasteiger partial charge in [0, 0.05) is 6.54 Å². The SMILES string of the molecule is C[C@H](NC1CCCCN(CC(=O)OCc2ccccc2)C1=O)C(=O)OCc1ccccc1. The standard InChI is InChI=1S/C25H30N2O5/c1-19(25(30)32-18-21-12-6-3-7-13-21)26-22-14-8-9-15-27(24(22)29)16-23(28)31-17-20-10-4-2-5-11-20/h2-7,10-13,19,22,26H,8-9,14-18H2,1H3/t19-,22?/m0/s1. The Kier molecular flexibility index (Phi) is 8.80. The van der Waals surface area contributed by atoms with E-state index < -0.39 is 24.0 Å². The first-order valence-electron chi connectivity index (χ1n) is 11.0. The van der Waals surface area contributed by atoms with Gasteiger partial charge in [-0.25, -0.2) is 0 Å². The number of carbonyl (C=O) groups is 3. The average Bonchev–Trinajstić information content (AvgIpc) is 2.99. The van der Waals surface area contributed by atoms with Crippen molar-refractivity contribution in [2.75, 3.05) is 13.1 Å². The highest BCUT2D eigenvalue weighted by Gasteiger charge is 2.31. The topological polar surface area (TPSA) is 84.9 Å². The minimum atomic E-state index is -0.641. The number of benzene rings is 2. The molecule has 2 aromatic rings. The summed E-state index contributed by atoms with van der Waals surface area (Å²) in [5.41, 5.74) is 1.80. The number of nitrogens with zero attached hydrogens (tertiary/aromatic N) is 1. The predicted octanol–water partition coefficient (Wildman–Crippen LogP) is 2.83. The molecule has 0 aromatic heterocycles. The highest BCUT2D eigenvalue weighted by atomic mass is 16.5. The van der Waals surface area contributed by atoms with E-state index >= 15 is 0 Å². The number of carbonyl (C=O) groups excluding carboxylic acids is 3. The van der Waals surface area contributed by atoms with E-state index in [0.29, 0.717) is 13.0 Å². The molecule has 3 rings (SSSR count). The van der Waals surface area contributed by atoms with Crippen molar-refractivity contribution in [3.05, 3.63) is 71.8 Å². The molecule has 7 heteroatoms. The summed E-state index contributed by atoms with van der Waals surface area (Å²) in [6.45, 7) is 2.43. The first kappa shape index (κ1) is 23.5. The van der Waals surface area contributed by atoms with Gasteiger partial charge in [-0.1, -0.05) is 60.7 Å². The molecule has 170 valence electrons. The maximum Gasteiger partial charge on any atom is 0.325 e. The maximum absolute atomic E-state index is 13.0. The van der Waals surface area contributed by atoms with Crippen LogP contribution in [0.2, 0.25) is 0 Å². The monoisotopic (exact) mass is 438 g/mol. The van der Waals surface area contributed by atoms with Gasteiger partial charge >= 0.3 is 11.9 Å². The van der Waals surface area contributed by atoms with Crippen LogP contribution in [0.4, 0.5) is 0 Å². The molecular weight excluding hydrogens is 408 g/mol. The van der Waals surface area contributed by atoms with E-state index in [1.807, 2.05) is 60.7 Å². The van der Waals surface area contributed by atoms with Crippen molar-refractivity contribution in [1.29, 1.82) is 0 Å². The van der Waals surface area contributed by atoms with Crippen LogP contribution in [0.25, 0.3) is 0 Å². The molecule has 0 spiro atoms. The second-order valence-corrected chi connectivity index (χ2v) is 7.94. The van der Waals surface area contributed by atoms with E-state index in [1.165, 1.54) is 4.90 Å². The molecule has 0 radical (unpaired) electrons. The van der Waals surface area contributed by atoms with Gasteiger partial charge in [-0.3, -0.25) is 19.7 Å². The number of hydrogen-bond acceptors (Lipinski definition) is 6. The predicted molar refractivity (Wildman–Crippen MR) is 119 cm³/mol. The van der Waals surface area contributed by atoms with Crippen LogP contribution in [0.5, 0.6) is 0 Å². The van der Waals surface area contributed by atoms with Gasteiger partial charge in [0.15, 0.2) is 0 Å². The molecular formula is C25H30N2O5. The molecule has 0 saturated carbocycles. The Balaban J connectivity index is 1.48. The van der Waals surface area contributed by atoms with Crippen molar-refractivity contribution < 1.29 is 23.9 Å².